The van der Waals surface area contributed by atoms with Crippen molar-refractivity contribution in [1.82, 2.24) is 0 Å². The minimum atomic E-state index is -0.404. The fraction of sp³-hybridized carbons (Fsp3) is 0.842. The van der Waals surface area contributed by atoms with Gasteiger partial charge in [-0.2, -0.15) is 0 Å². The van der Waals surface area contributed by atoms with Crippen LogP contribution in [0.5, 0.6) is 0 Å². The highest BCUT2D eigenvalue weighted by Crippen LogP contribution is 2.63. The Kier molecular flexibility index (Phi) is 3.50. The van der Waals surface area contributed by atoms with Crippen LogP contribution in [0.4, 0.5) is 0 Å². The Bertz CT molecular complexity index is 454. The van der Waals surface area contributed by atoms with Gasteiger partial charge in [-0.3, -0.25) is 0 Å². The summed E-state index contributed by atoms with van der Waals surface area (Å²) in [4.78, 5) is 12.3. The van der Waals surface area contributed by atoms with Gasteiger partial charge in [-0.25, -0.2) is 4.79 Å². The van der Waals surface area contributed by atoms with Crippen LogP contribution < -0.4 is 0 Å². The lowest BCUT2D eigenvalue weighted by Gasteiger charge is -2.60. The van der Waals surface area contributed by atoms with Gasteiger partial charge < -0.3 is 4.74 Å². The van der Waals surface area contributed by atoms with E-state index in [-0.39, 0.29) is 11.4 Å². The highest BCUT2D eigenvalue weighted by Gasteiger charge is 2.54. The first-order chi connectivity index (χ1) is 9.68. The second kappa shape index (κ2) is 4.86. The average Bonchev–Trinajstić information content (AvgIpc) is 2.32. The smallest absolute Gasteiger partial charge is 0.333 e. The second-order valence-electron chi connectivity index (χ2n) is 8.96. The van der Waals surface area contributed by atoms with Gasteiger partial charge in [-0.1, -0.05) is 13.0 Å². The van der Waals surface area contributed by atoms with Crippen LogP contribution >= 0.6 is 0 Å². The number of hydrogen-bond acceptors (Lipinski definition) is 2. The first-order valence-electron chi connectivity index (χ1n) is 8.61. The summed E-state index contributed by atoms with van der Waals surface area (Å²) in [5, 5.41) is 0. The molecule has 21 heavy (non-hydrogen) atoms. The monoisotopic (exact) mass is 290 g/mol. The molecule has 2 heteroatoms. The maximum Gasteiger partial charge on any atom is 0.333 e. The van der Waals surface area contributed by atoms with Gasteiger partial charge in [0.2, 0.25) is 0 Å². The molecule has 0 heterocycles. The Morgan fingerprint density at radius 3 is 2.24 bits per heavy atom. The van der Waals surface area contributed by atoms with E-state index in [0.29, 0.717) is 0 Å². The summed E-state index contributed by atoms with van der Waals surface area (Å²) in [5.74, 6) is 3.29. The van der Waals surface area contributed by atoms with Crippen LogP contribution in [0.25, 0.3) is 0 Å². The number of carbonyl (C=O) groups excluding carboxylic acids is 1. The largest absolute Gasteiger partial charge is 0.457 e. The topological polar surface area (TPSA) is 26.3 Å². The lowest BCUT2D eigenvalue weighted by Crippen LogP contribution is -2.51. The summed E-state index contributed by atoms with van der Waals surface area (Å²) >= 11 is 0. The number of esters is 1. The summed E-state index contributed by atoms with van der Waals surface area (Å²) in [7, 11) is 0. The molecule has 0 radical (unpaired) electrons. The normalized spacial score (nSPS) is 42.2. The average molecular weight is 290 g/mol. The molecule has 0 N–H and O–H groups in total. The minimum Gasteiger partial charge on any atom is -0.457 e. The molecule has 4 aliphatic rings. The number of allylic oxidation sites excluding steroid dienone is 1. The second-order valence-corrected chi connectivity index (χ2v) is 8.96. The van der Waals surface area contributed by atoms with E-state index in [1.165, 1.54) is 32.1 Å². The van der Waals surface area contributed by atoms with Crippen LogP contribution in [0, 0.1) is 29.1 Å². The summed E-state index contributed by atoms with van der Waals surface area (Å²) in [5.41, 5.74) is 0.688. The number of carbonyl (C=O) groups is 1. The Labute approximate surface area is 129 Å². The number of ether oxygens (including phenoxy) is 1. The summed E-state index contributed by atoms with van der Waals surface area (Å²) in [6.07, 6.45) is 9.18. The van der Waals surface area contributed by atoms with Crippen molar-refractivity contribution in [3.8, 4) is 0 Å². The van der Waals surface area contributed by atoms with Gasteiger partial charge in [0.15, 0.2) is 0 Å². The molecule has 0 aliphatic heterocycles. The Morgan fingerprint density at radius 2 is 1.71 bits per heavy atom. The predicted molar refractivity (Wildman–Crippen MR) is 84.8 cm³/mol. The van der Waals surface area contributed by atoms with Gasteiger partial charge in [0.05, 0.1) is 0 Å². The SMILES string of the molecule is C/C(=C\C12CC3CC(CC(C3)C1C)C2)C(=O)OC(C)(C)C. The van der Waals surface area contributed by atoms with Gasteiger partial charge in [-0.15, -0.1) is 0 Å². The molecule has 118 valence electrons. The molecule has 0 spiro atoms. The van der Waals surface area contributed by atoms with Crippen molar-refractivity contribution in [2.45, 2.75) is 72.3 Å². The van der Waals surface area contributed by atoms with E-state index >= 15 is 0 Å². The van der Waals surface area contributed by atoms with Crippen molar-refractivity contribution >= 4 is 5.97 Å². The van der Waals surface area contributed by atoms with Crippen molar-refractivity contribution in [3.05, 3.63) is 11.6 Å². The zero-order valence-electron chi connectivity index (χ0n) is 14.2. The first-order valence-corrected chi connectivity index (χ1v) is 8.61. The molecule has 0 aromatic rings. The molecule has 3 atom stereocenters. The van der Waals surface area contributed by atoms with Crippen molar-refractivity contribution in [2.75, 3.05) is 0 Å². The Hall–Kier alpha value is -0.790. The van der Waals surface area contributed by atoms with Gasteiger partial charge in [-0.05, 0) is 88.9 Å². The van der Waals surface area contributed by atoms with Crippen molar-refractivity contribution in [2.24, 2.45) is 29.1 Å². The highest BCUT2D eigenvalue weighted by molar-refractivity contribution is 5.88. The summed E-state index contributed by atoms with van der Waals surface area (Å²) in [6, 6.07) is 0. The molecule has 0 aromatic carbocycles. The van der Waals surface area contributed by atoms with Crippen molar-refractivity contribution < 1.29 is 9.53 Å². The molecular weight excluding hydrogens is 260 g/mol. The summed E-state index contributed by atoms with van der Waals surface area (Å²) in [6.45, 7) is 10.2. The lowest BCUT2D eigenvalue weighted by atomic mass is 9.45. The lowest BCUT2D eigenvalue weighted by molar-refractivity contribution is -0.150. The van der Waals surface area contributed by atoms with E-state index in [9.17, 15) is 4.79 Å². The molecule has 4 fully saturated rings. The van der Waals surface area contributed by atoms with Crippen molar-refractivity contribution in [3.63, 3.8) is 0 Å². The van der Waals surface area contributed by atoms with E-state index in [4.69, 9.17) is 4.74 Å². The van der Waals surface area contributed by atoms with Gasteiger partial charge in [0, 0.05) is 5.57 Å². The predicted octanol–water partition coefficient (Wildman–Crippen LogP) is 4.74. The van der Waals surface area contributed by atoms with Crippen LogP contribution in [-0.4, -0.2) is 11.6 Å². The molecule has 0 saturated heterocycles. The van der Waals surface area contributed by atoms with E-state index in [1.54, 1.807) is 0 Å². The third-order valence-electron chi connectivity index (χ3n) is 6.12. The third-order valence-corrected chi connectivity index (χ3v) is 6.12. The highest BCUT2D eigenvalue weighted by atomic mass is 16.6. The summed E-state index contributed by atoms with van der Waals surface area (Å²) < 4.78 is 5.54. The Balaban J connectivity index is 1.82. The van der Waals surface area contributed by atoms with Crippen LogP contribution in [0.2, 0.25) is 0 Å². The molecule has 4 bridgehead atoms. The molecule has 3 unspecified atom stereocenters. The zero-order chi connectivity index (χ0) is 15.4. The van der Waals surface area contributed by atoms with Crippen LogP contribution in [0.1, 0.15) is 66.7 Å². The minimum absolute atomic E-state index is 0.134. The van der Waals surface area contributed by atoms with E-state index < -0.39 is 5.60 Å². The zero-order valence-corrected chi connectivity index (χ0v) is 14.2. The Morgan fingerprint density at radius 1 is 1.14 bits per heavy atom. The standard InChI is InChI=1S/C19H30O2/c1-12(17(20)21-18(3,4)5)9-19-10-14-6-15(11-19)8-16(7-14)13(19)2/h9,13-16H,6-8,10-11H2,1-5H3/b12-9+. The van der Waals surface area contributed by atoms with E-state index in [2.05, 4.69) is 13.0 Å². The maximum absolute atomic E-state index is 12.3. The molecule has 4 aliphatic carbocycles. The van der Waals surface area contributed by atoms with Gasteiger partial charge in [0.1, 0.15) is 5.60 Å². The van der Waals surface area contributed by atoms with Crippen LogP contribution in [0.15, 0.2) is 11.6 Å². The quantitative estimate of drug-likeness (QED) is 0.542. The van der Waals surface area contributed by atoms with Crippen LogP contribution in [0.3, 0.4) is 0 Å². The van der Waals surface area contributed by atoms with Crippen LogP contribution in [-0.2, 0) is 9.53 Å². The van der Waals surface area contributed by atoms with E-state index in [0.717, 1.165) is 29.2 Å². The van der Waals surface area contributed by atoms with Crippen molar-refractivity contribution in [1.29, 1.82) is 0 Å². The third kappa shape index (κ3) is 2.78. The fourth-order valence-electron chi connectivity index (χ4n) is 5.46. The molecule has 4 rings (SSSR count). The molecule has 2 nitrogen and oxygen atoms in total. The van der Waals surface area contributed by atoms with Gasteiger partial charge in [0.25, 0.3) is 0 Å². The molecule has 0 aromatic heterocycles. The molecular formula is C19H30O2. The fourth-order valence-corrected chi connectivity index (χ4v) is 5.46. The van der Waals surface area contributed by atoms with Gasteiger partial charge >= 0.3 is 5.97 Å². The number of hydrogen-bond donors (Lipinski definition) is 0. The number of rotatable bonds is 2. The first kappa shape index (κ1) is 15.1. The maximum atomic E-state index is 12.3. The van der Waals surface area contributed by atoms with E-state index in [1.807, 2.05) is 27.7 Å². The molecule has 0 amide bonds. The molecule has 4 saturated carbocycles.